The van der Waals surface area contributed by atoms with E-state index in [1.807, 2.05) is 37.2 Å². The Bertz CT molecular complexity index is 628. The zero-order chi connectivity index (χ0) is 16.7. The van der Waals surface area contributed by atoms with Gasteiger partial charge in [0.2, 0.25) is 0 Å². The smallest absolute Gasteiger partial charge is 0.191 e. The van der Waals surface area contributed by atoms with E-state index in [9.17, 15) is 0 Å². The molecular formula is C17H26IN5S. The van der Waals surface area contributed by atoms with Gasteiger partial charge in [-0.15, -0.1) is 24.0 Å². The predicted molar refractivity (Wildman–Crippen MR) is 115 cm³/mol. The van der Waals surface area contributed by atoms with Crippen LogP contribution in [0.15, 0.2) is 40.0 Å². The fourth-order valence-electron chi connectivity index (χ4n) is 2.13. The summed E-state index contributed by atoms with van der Waals surface area (Å²) in [6, 6.07) is 8.21. The van der Waals surface area contributed by atoms with E-state index >= 15 is 0 Å². The van der Waals surface area contributed by atoms with E-state index in [2.05, 4.69) is 44.4 Å². The molecule has 24 heavy (non-hydrogen) atoms. The molecule has 0 aromatic carbocycles. The number of nitrogens with zero attached hydrogens (tertiary/aromatic N) is 3. The SMILES string of the molecule is CN=C(NCc1cccc(N(C)C)n1)NCC(C)c1ccsc1.I. The predicted octanol–water partition coefficient (Wildman–Crippen LogP) is 3.30. The van der Waals surface area contributed by atoms with E-state index in [0.717, 1.165) is 24.0 Å². The van der Waals surface area contributed by atoms with Gasteiger partial charge in [-0.1, -0.05) is 13.0 Å². The lowest BCUT2D eigenvalue weighted by atomic mass is 10.1. The first kappa shape index (κ1) is 20.7. The molecule has 2 heterocycles. The van der Waals surface area contributed by atoms with E-state index in [1.54, 1.807) is 18.4 Å². The lowest BCUT2D eigenvalue weighted by Gasteiger charge is -2.16. The summed E-state index contributed by atoms with van der Waals surface area (Å²) in [5.74, 6) is 2.21. The molecule has 0 saturated carbocycles. The highest BCUT2D eigenvalue weighted by molar-refractivity contribution is 14.0. The van der Waals surface area contributed by atoms with Gasteiger partial charge in [0.05, 0.1) is 12.2 Å². The highest BCUT2D eigenvalue weighted by atomic mass is 127. The molecule has 0 saturated heterocycles. The van der Waals surface area contributed by atoms with Gasteiger partial charge < -0.3 is 15.5 Å². The summed E-state index contributed by atoms with van der Waals surface area (Å²) >= 11 is 1.73. The van der Waals surface area contributed by atoms with Crippen molar-refractivity contribution in [1.82, 2.24) is 15.6 Å². The largest absolute Gasteiger partial charge is 0.363 e. The monoisotopic (exact) mass is 459 g/mol. The molecular weight excluding hydrogens is 433 g/mol. The number of nitrogens with one attached hydrogen (secondary N) is 2. The molecule has 0 radical (unpaired) electrons. The molecule has 5 nitrogen and oxygen atoms in total. The lowest BCUT2D eigenvalue weighted by Crippen LogP contribution is -2.38. The van der Waals surface area contributed by atoms with Gasteiger partial charge in [-0.2, -0.15) is 11.3 Å². The zero-order valence-electron chi connectivity index (χ0n) is 14.6. The second-order valence-electron chi connectivity index (χ2n) is 5.65. The minimum Gasteiger partial charge on any atom is -0.363 e. The van der Waals surface area contributed by atoms with Crippen molar-refractivity contribution in [3.8, 4) is 0 Å². The van der Waals surface area contributed by atoms with Gasteiger partial charge in [0.1, 0.15) is 5.82 Å². The van der Waals surface area contributed by atoms with Gasteiger partial charge in [0.25, 0.3) is 0 Å². The standard InChI is InChI=1S/C17H25N5S.HI/c1-13(14-8-9-23-12-14)10-19-17(18-2)20-11-15-6-5-7-16(21-15)22(3)4;/h5-9,12-13H,10-11H2,1-4H3,(H2,18,19,20);1H. The Morgan fingerprint density at radius 1 is 1.29 bits per heavy atom. The summed E-state index contributed by atoms with van der Waals surface area (Å²) in [4.78, 5) is 10.9. The van der Waals surface area contributed by atoms with Gasteiger partial charge in [-0.25, -0.2) is 4.98 Å². The molecule has 0 amide bonds. The fourth-order valence-corrected chi connectivity index (χ4v) is 2.91. The first-order valence-electron chi connectivity index (χ1n) is 7.70. The fraction of sp³-hybridized carbons (Fsp3) is 0.412. The molecule has 1 unspecified atom stereocenters. The van der Waals surface area contributed by atoms with E-state index < -0.39 is 0 Å². The summed E-state index contributed by atoms with van der Waals surface area (Å²) < 4.78 is 0. The van der Waals surface area contributed by atoms with Crippen LogP contribution in [0.1, 0.15) is 24.1 Å². The average molecular weight is 459 g/mol. The van der Waals surface area contributed by atoms with Gasteiger partial charge in [-0.05, 0) is 40.4 Å². The molecule has 1 atom stereocenters. The van der Waals surface area contributed by atoms with E-state index in [1.165, 1.54) is 5.56 Å². The maximum absolute atomic E-state index is 4.60. The number of halogens is 1. The van der Waals surface area contributed by atoms with Crippen LogP contribution in [-0.2, 0) is 6.54 Å². The normalized spacial score (nSPS) is 12.2. The third kappa shape index (κ3) is 6.27. The van der Waals surface area contributed by atoms with E-state index in [0.29, 0.717) is 12.5 Å². The second kappa shape index (κ2) is 10.5. The molecule has 0 spiro atoms. The van der Waals surface area contributed by atoms with Gasteiger partial charge >= 0.3 is 0 Å². The van der Waals surface area contributed by atoms with Crippen molar-refractivity contribution in [3.63, 3.8) is 0 Å². The summed E-state index contributed by atoms with van der Waals surface area (Å²) in [5.41, 5.74) is 2.35. The molecule has 7 heteroatoms. The number of hydrogen-bond donors (Lipinski definition) is 2. The molecule has 0 aliphatic rings. The molecule has 2 aromatic rings. The van der Waals surface area contributed by atoms with Crippen molar-refractivity contribution < 1.29 is 0 Å². The van der Waals surface area contributed by atoms with Crippen molar-refractivity contribution in [2.75, 3.05) is 32.6 Å². The molecule has 0 bridgehead atoms. The van der Waals surface area contributed by atoms with Crippen molar-refractivity contribution in [2.45, 2.75) is 19.4 Å². The van der Waals surface area contributed by atoms with E-state index in [4.69, 9.17) is 0 Å². The number of aliphatic imine (C=N–C) groups is 1. The second-order valence-corrected chi connectivity index (χ2v) is 6.43. The maximum atomic E-state index is 4.60. The van der Waals surface area contributed by atoms with Crippen LogP contribution in [0.4, 0.5) is 5.82 Å². The Labute approximate surface area is 165 Å². The highest BCUT2D eigenvalue weighted by Crippen LogP contribution is 2.17. The summed E-state index contributed by atoms with van der Waals surface area (Å²) in [6.07, 6.45) is 0. The Kier molecular flexibility index (Phi) is 9.05. The quantitative estimate of drug-likeness (QED) is 0.396. The van der Waals surface area contributed by atoms with Crippen molar-refractivity contribution >= 4 is 47.1 Å². The van der Waals surface area contributed by atoms with Crippen LogP contribution >= 0.6 is 35.3 Å². The van der Waals surface area contributed by atoms with Gasteiger partial charge in [0.15, 0.2) is 5.96 Å². The maximum Gasteiger partial charge on any atom is 0.191 e. The third-order valence-corrected chi connectivity index (χ3v) is 4.30. The number of thiophene rings is 1. The summed E-state index contributed by atoms with van der Waals surface area (Å²) in [5, 5.41) is 11.0. The first-order valence-corrected chi connectivity index (χ1v) is 8.64. The van der Waals surface area contributed by atoms with Gasteiger partial charge in [0, 0.05) is 27.7 Å². The Balaban J connectivity index is 0.00000288. The molecule has 2 rings (SSSR count). The summed E-state index contributed by atoms with van der Waals surface area (Å²) in [7, 11) is 5.77. The van der Waals surface area contributed by atoms with Crippen LogP contribution < -0.4 is 15.5 Å². The third-order valence-electron chi connectivity index (χ3n) is 3.60. The van der Waals surface area contributed by atoms with Crippen LogP contribution in [0.25, 0.3) is 0 Å². The van der Waals surface area contributed by atoms with Crippen LogP contribution in [0.2, 0.25) is 0 Å². The first-order chi connectivity index (χ1) is 11.1. The van der Waals surface area contributed by atoms with Crippen molar-refractivity contribution in [3.05, 3.63) is 46.3 Å². The van der Waals surface area contributed by atoms with Crippen LogP contribution in [-0.4, -0.2) is 38.6 Å². The number of rotatable bonds is 6. The molecule has 2 N–H and O–H groups in total. The Hall–Kier alpha value is -1.35. The lowest BCUT2D eigenvalue weighted by molar-refractivity contribution is 0.698. The van der Waals surface area contributed by atoms with Crippen LogP contribution in [0.5, 0.6) is 0 Å². The molecule has 2 aromatic heterocycles. The number of pyridine rings is 1. The Morgan fingerprint density at radius 3 is 2.71 bits per heavy atom. The molecule has 0 fully saturated rings. The molecule has 132 valence electrons. The number of anilines is 1. The van der Waals surface area contributed by atoms with Crippen LogP contribution in [0.3, 0.4) is 0 Å². The Morgan fingerprint density at radius 2 is 2.08 bits per heavy atom. The number of aromatic nitrogens is 1. The molecule has 0 aliphatic heterocycles. The minimum atomic E-state index is 0. The summed E-state index contributed by atoms with van der Waals surface area (Å²) in [6.45, 7) is 3.71. The highest BCUT2D eigenvalue weighted by Gasteiger charge is 2.07. The van der Waals surface area contributed by atoms with E-state index in [-0.39, 0.29) is 24.0 Å². The average Bonchev–Trinajstić information content (AvgIpc) is 3.09. The number of guanidine groups is 1. The van der Waals surface area contributed by atoms with Crippen LogP contribution in [0, 0.1) is 0 Å². The minimum absolute atomic E-state index is 0. The molecule has 0 aliphatic carbocycles. The van der Waals surface area contributed by atoms with Crippen molar-refractivity contribution in [2.24, 2.45) is 4.99 Å². The zero-order valence-corrected chi connectivity index (χ0v) is 17.8. The van der Waals surface area contributed by atoms with Crippen molar-refractivity contribution in [1.29, 1.82) is 0 Å². The van der Waals surface area contributed by atoms with Gasteiger partial charge in [-0.3, -0.25) is 4.99 Å². The topological polar surface area (TPSA) is 52.6 Å². The number of hydrogen-bond acceptors (Lipinski definition) is 4.